The molecule has 1 aliphatic heterocycles. The zero-order chi connectivity index (χ0) is 18.3. The molecule has 0 bridgehead atoms. The first-order valence-corrected chi connectivity index (χ1v) is 8.56. The van der Waals surface area contributed by atoms with Gasteiger partial charge in [0, 0.05) is 24.0 Å². The van der Waals surface area contributed by atoms with Gasteiger partial charge in [-0.25, -0.2) is 0 Å². The van der Waals surface area contributed by atoms with Crippen LogP contribution in [0.2, 0.25) is 0 Å². The second kappa shape index (κ2) is 6.36. The van der Waals surface area contributed by atoms with E-state index in [0.29, 0.717) is 25.5 Å². The summed E-state index contributed by atoms with van der Waals surface area (Å²) in [6, 6.07) is 5.72. The van der Waals surface area contributed by atoms with E-state index in [1.54, 1.807) is 4.90 Å². The quantitative estimate of drug-likeness (QED) is 0.702. The Kier molecular flexibility index (Phi) is 4.02. The lowest BCUT2D eigenvalue weighted by Crippen LogP contribution is -2.26. The molecule has 26 heavy (non-hydrogen) atoms. The molecule has 8 heteroatoms. The van der Waals surface area contributed by atoms with Crippen LogP contribution in [-0.2, 0) is 19.6 Å². The van der Waals surface area contributed by atoms with E-state index in [4.69, 9.17) is 14.4 Å². The molecular formula is C18H21N5O3. The van der Waals surface area contributed by atoms with Gasteiger partial charge >= 0.3 is 0 Å². The second-order valence-corrected chi connectivity index (χ2v) is 6.66. The van der Waals surface area contributed by atoms with Crippen LogP contribution in [-0.4, -0.2) is 37.4 Å². The van der Waals surface area contributed by atoms with Crippen LogP contribution in [0.4, 0.5) is 0 Å². The molecule has 0 fully saturated rings. The third-order valence-electron chi connectivity index (χ3n) is 4.57. The number of rotatable bonds is 5. The third kappa shape index (κ3) is 2.77. The van der Waals surface area contributed by atoms with E-state index in [1.165, 1.54) is 13.2 Å². The number of fused-ring (bicyclic) bond motifs is 1. The van der Waals surface area contributed by atoms with Crippen molar-refractivity contribution in [3.63, 3.8) is 0 Å². The molecule has 0 atom stereocenters. The lowest BCUT2D eigenvalue weighted by atomic mass is 10.2. The van der Waals surface area contributed by atoms with Gasteiger partial charge in [-0.15, -0.1) is 0 Å². The fourth-order valence-corrected chi connectivity index (χ4v) is 3.29. The topological polar surface area (TPSA) is 78.3 Å². The summed E-state index contributed by atoms with van der Waals surface area (Å²) in [5.74, 6) is 0.286. The van der Waals surface area contributed by atoms with E-state index in [0.717, 1.165) is 17.0 Å². The molecular weight excluding hydrogens is 334 g/mol. The highest BCUT2D eigenvalue weighted by Gasteiger charge is 2.33. The molecule has 0 N–H and O–H groups in total. The molecule has 0 aromatic carbocycles. The molecule has 136 valence electrons. The number of hydrogen-bond acceptors (Lipinski definition) is 5. The van der Waals surface area contributed by atoms with Gasteiger partial charge in [-0.1, -0.05) is 0 Å². The summed E-state index contributed by atoms with van der Waals surface area (Å²) in [5.41, 5.74) is 3.20. The largest absolute Gasteiger partial charge is 0.479 e. The molecule has 4 heterocycles. The average Bonchev–Trinajstić information content (AvgIpc) is 3.39. The van der Waals surface area contributed by atoms with Crippen LogP contribution in [0.5, 0.6) is 5.88 Å². The maximum Gasteiger partial charge on any atom is 0.293 e. The zero-order valence-corrected chi connectivity index (χ0v) is 15.0. The fraction of sp³-hybridized carbons (Fsp3) is 0.389. The van der Waals surface area contributed by atoms with Gasteiger partial charge in [0.15, 0.2) is 0 Å². The number of aromatic nitrogens is 4. The summed E-state index contributed by atoms with van der Waals surface area (Å²) in [6.45, 7) is 5.90. The number of carbonyl (C=O) groups is 1. The smallest absolute Gasteiger partial charge is 0.293 e. The Morgan fingerprint density at radius 3 is 2.73 bits per heavy atom. The Morgan fingerprint density at radius 2 is 2.08 bits per heavy atom. The Balaban J connectivity index is 1.61. The van der Waals surface area contributed by atoms with Crippen LogP contribution in [0, 0.1) is 0 Å². The number of methoxy groups -OCH3 is 1. The minimum absolute atomic E-state index is 0.183. The lowest BCUT2D eigenvalue weighted by molar-refractivity contribution is 0.0704. The number of ether oxygens (including phenoxy) is 1. The van der Waals surface area contributed by atoms with Gasteiger partial charge in [0.2, 0.25) is 5.76 Å². The van der Waals surface area contributed by atoms with Gasteiger partial charge in [0.25, 0.3) is 11.8 Å². The maximum atomic E-state index is 12.8. The molecule has 0 aliphatic carbocycles. The predicted molar refractivity (Wildman–Crippen MR) is 92.8 cm³/mol. The van der Waals surface area contributed by atoms with Gasteiger partial charge in [-0.3, -0.25) is 9.48 Å². The molecule has 3 aromatic heterocycles. The van der Waals surface area contributed by atoms with Gasteiger partial charge in [0.1, 0.15) is 0 Å². The molecule has 0 unspecified atom stereocenters. The van der Waals surface area contributed by atoms with E-state index >= 15 is 0 Å². The van der Waals surface area contributed by atoms with Crippen LogP contribution < -0.4 is 4.74 Å². The lowest BCUT2D eigenvalue weighted by Gasteiger charge is -2.16. The SMILES string of the molecule is COc1cc(C(=O)N2Cc3c(Cn4cccc4)nn(C(C)C)c3C2)on1. The third-order valence-corrected chi connectivity index (χ3v) is 4.57. The highest BCUT2D eigenvalue weighted by molar-refractivity contribution is 5.92. The van der Waals surface area contributed by atoms with Crippen molar-refractivity contribution in [2.45, 2.75) is 39.5 Å². The zero-order valence-electron chi connectivity index (χ0n) is 15.0. The molecule has 1 amide bonds. The van der Waals surface area contributed by atoms with Crippen molar-refractivity contribution >= 4 is 5.91 Å². The average molecular weight is 355 g/mol. The summed E-state index contributed by atoms with van der Waals surface area (Å²) in [6.07, 6.45) is 4.03. The van der Waals surface area contributed by atoms with Crippen LogP contribution in [0.3, 0.4) is 0 Å². The minimum Gasteiger partial charge on any atom is -0.479 e. The van der Waals surface area contributed by atoms with Crippen molar-refractivity contribution in [2.75, 3.05) is 7.11 Å². The van der Waals surface area contributed by atoms with Gasteiger partial charge in [0.05, 0.1) is 44.2 Å². The van der Waals surface area contributed by atoms with Crippen molar-refractivity contribution in [3.8, 4) is 5.88 Å². The van der Waals surface area contributed by atoms with E-state index in [9.17, 15) is 4.79 Å². The number of carbonyl (C=O) groups excluding carboxylic acids is 1. The summed E-state index contributed by atoms with van der Waals surface area (Å²) in [4.78, 5) is 14.5. The highest BCUT2D eigenvalue weighted by atomic mass is 16.5. The van der Waals surface area contributed by atoms with Crippen LogP contribution >= 0.6 is 0 Å². The Bertz CT molecular complexity index is 923. The molecule has 8 nitrogen and oxygen atoms in total. The Morgan fingerprint density at radius 1 is 1.31 bits per heavy atom. The molecule has 0 saturated heterocycles. The predicted octanol–water partition coefficient (Wildman–Crippen LogP) is 2.47. The summed E-state index contributed by atoms with van der Waals surface area (Å²) in [7, 11) is 1.49. The van der Waals surface area contributed by atoms with Crippen molar-refractivity contribution < 1.29 is 14.1 Å². The van der Waals surface area contributed by atoms with E-state index < -0.39 is 0 Å². The van der Waals surface area contributed by atoms with Crippen molar-refractivity contribution in [3.05, 3.63) is 53.3 Å². The second-order valence-electron chi connectivity index (χ2n) is 6.66. The Hall–Kier alpha value is -3.03. The summed E-state index contributed by atoms with van der Waals surface area (Å²) >= 11 is 0. The van der Waals surface area contributed by atoms with Crippen LogP contribution in [0.15, 0.2) is 35.1 Å². The highest BCUT2D eigenvalue weighted by Crippen LogP contribution is 2.30. The first-order chi connectivity index (χ1) is 12.6. The maximum absolute atomic E-state index is 12.8. The number of amides is 1. The monoisotopic (exact) mass is 355 g/mol. The normalized spacial score (nSPS) is 13.5. The number of nitrogens with zero attached hydrogens (tertiary/aromatic N) is 5. The van der Waals surface area contributed by atoms with Crippen LogP contribution in [0.25, 0.3) is 0 Å². The molecule has 4 rings (SSSR count). The number of hydrogen-bond donors (Lipinski definition) is 0. The van der Waals surface area contributed by atoms with E-state index in [-0.39, 0.29) is 17.7 Å². The van der Waals surface area contributed by atoms with E-state index in [2.05, 4.69) is 23.6 Å². The first-order valence-electron chi connectivity index (χ1n) is 8.56. The van der Waals surface area contributed by atoms with Crippen molar-refractivity contribution in [1.29, 1.82) is 0 Å². The van der Waals surface area contributed by atoms with Crippen molar-refractivity contribution in [2.24, 2.45) is 0 Å². The molecule has 0 saturated carbocycles. The van der Waals surface area contributed by atoms with Gasteiger partial charge in [-0.2, -0.15) is 5.10 Å². The fourth-order valence-electron chi connectivity index (χ4n) is 3.29. The first kappa shape index (κ1) is 16.4. The molecule has 0 radical (unpaired) electrons. The van der Waals surface area contributed by atoms with Crippen LogP contribution in [0.1, 0.15) is 47.4 Å². The van der Waals surface area contributed by atoms with Gasteiger partial charge < -0.3 is 18.7 Å². The summed E-state index contributed by atoms with van der Waals surface area (Å²) < 4.78 is 14.2. The van der Waals surface area contributed by atoms with E-state index in [1.807, 2.05) is 29.2 Å². The molecule has 0 spiro atoms. The molecule has 1 aliphatic rings. The van der Waals surface area contributed by atoms with Crippen molar-refractivity contribution in [1.82, 2.24) is 24.4 Å². The van der Waals surface area contributed by atoms with Gasteiger partial charge in [-0.05, 0) is 31.1 Å². The minimum atomic E-state index is -0.195. The Labute approximate surface area is 150 Å². The standard InChI is InChI=1S/C18H21N5O3/c1-12(2)23-15-11-22(18(24)16-8-17(25-3)20-26-16)9-13(15)14(19-23)10-21-6-4-5-7-21/h4-8,12H,9-11H2,1-3H3. The summed E-state index contributed by atoms with van der Waals surface area (Å²) in [5, 5.41) is 8.50. The molecule has 3 aromatic rings.